The summed E-state index contributed by atoms with van der Waals surface area (Å²) in [6, 6.07) is 0. The summed E-state index contributed by atoms with van der Waals surface area (Å²) in [5.74, 6) is 0. The Balaban J connectivity index is 2.60. The molecule has 1 aliphatic rings. The number of aliphatic hydroxyl groups is 3. The van der Waals surface area contributed by atoms with Crippen molar-refractivity contribution in [2.24, 2.45) is 0 Å². The minimum Gasteiger partial charge on any atom is -0.394 e. The first-order valence-corrected chi connectivity index (χ1v) is 4.60. The number of aliphatic hydroxyl groups excluding tert-OH is 3. The highest BCUT2D eigenvalue weighted by molar-refractivity contribution is 4.89. The lowest BCUT2D eigenvalue weighted by molar-refractivity contribution is -0.288. The second-order valence-electron chi connectivity index (χ2n) is 3.27. The minimum absolute atomic E-state index is 0.101. The van der Waals surface area contributed by atoms with Crippen LogP contribution in [-0.4, -0.2) is 59.3 Å². The number of hydrogen-bond acceptors (Lipinski definition) is 5. The summed E-state index contributed by atoms with van der Waals surface area (Å²) in [7, 11) is 0. The molecule has 0 amide bonds. The van der Waals surface area contributed by atoms with E-state index < -0.39 is 37.4 Å². The van der Waals surface area contributed by atoms with Gasteiger partial charge in [0.05, 0.1) is 13.2 Å². The highest BCUT2D eigenvalue weighted by atomic mass is 19.1. The first kappa shape index (κ1) is 12.5. The molecule has 0 aromatic rings. The van der Waals surface area contributed by atoms with E-state index in [4.69, 9.17) is 14.6 Å². The van der Waals surface area contributed by atoms with Gasteiger partial charge in [-0.1, -0.05) is 6.08 Å². The van der Waals surface area contributed by atoms with Crippen LogP contribution < -0.4 is 0 Å². The molecule has 1 rings (SSSR count). The average molecular weight is 222 g/mol. The average Bonchev–Trinajstić information content (AvgIpc) is 2.25. The molecule has 5 atom stereocenters. The lowest BCUT2D eigenvalue weighted by atomic mass is 10.0. The fraction of sp³-hybridized carbons (Fsp3) is 0.778. The predicted molar refractivity (Wildman–Crippen MR) is 48.8 cm³/mol. The van der Waals surface area contributed by atoms with E-state index in [9.17, 15) is 14.6 Å². The molecule has 0 aliphatic carbocycles. The molecule has 3 N–H and O–H groups in total. The lowest BCUT2D eigenvalue weighted by Gasteiger charge is -2.38. The van der Waals surface area contributed by atoms with Crippen LogP contribution in [-0.2, 0) is 9.47 Å². The van der Waals surface area contributed by atoms with Gasteiger partial charge >= 0.3 is 0 Å². The van der Waals surface area contributed by atoms with Crippen molar-refractivity contribution in [3.05, 3.63) is 12.7 Å². The van der Waals surface area contributed by atoms with Crippen molar-refractivity contribution in [1.29, 1.82) is 0 Å². The van der Waals surface area contributed by atoms with Gasteiger partial charge in [-0.15, -0.1) is 6.58 Å². The minimum atomic E-state index is -1.83. The van der Waals surface area contributed by atoms with E-state index in [1.807, 2.05) is 0 Å². The highest BCUT2D eigenvalue weighted by Gasteiger charge is 2.45. The Hall–Kier alpha value is -0.530. The van der Waals surface area contributed by atoms with Gasteiger partial charge in [0.2, 0.25) is 0 Å². The van der Waals surface area contributed by atoms with Crippen LogP contribution in [0.3, 0.4) is 0 Å². The van der Waals surface area contributed by atoms with Crippen LogP contribution >= 0.6 is 0 Å². The second-order valence-corrected chi connectivity index (χ2v) is 3.27. The number of ether oxygens (including phenoxy) is 2. The summed E-state index contributed by atoms with van der Waals surface area (Å²) in [5.41, 5.74) is 0. The molecule has 0 bridgehead atoms. The van der Waals surface area contributed by atoms with Gasteiger partial charge in [-0.2, -0.15) is 0 Å². The summed E-state index contributed by atoms with van der Waals surface area (Å²) in [4.78, 5) is 0. The van der Waals surface area contributed by atoms with Gasteiger partial charge in [0.25, 0.3) is 0 Å². The maximum Gasteiger partial charge on any atom is 0.187 e. The van der Waals surface area contributed by atoms with Crippen LogP contribution in [0, 0.1) is 0 Å². The zero-order chi connectivity index (χ0) is 11.4. The quantitative estimate of drug-likeness (QED) is 0.530. The summed E-state index contributed by atoms with van der Waals surface area (Å²) in [6.07, 6.45) is -5.82. The van der Waals surface area contributed by atoms with E-state index in [2.05, 4.69) is 6.58 Å². The molecule has 1 saturated heterocycles. The van der Waals surface area contributed by atoms with Gasteiger partial charge in [-0.3, -0.25) is 0 Å². The van der Waals surface area contributed by atoms with Crippen LogP contribution in [0.4, 0.5) is 4.39 Å². The zero-order valence-electron chi connectivity index (χ0n) is 8.12. The van der Waals surface area contributed by atoms with Crippen LogP contribution in [0.1, 0.15) is 0 Å². The van der Waals surface area contributed by atoms with E-state index in [0.717, 1.165) is 0 Å². The first-order chi connectivity index (χ1) is 7.11. The number of alkyl halides is 1. The van der Waals surface area contributed by atoms with E-state index >= 15 is 0 Å². The Labute approximate surface area is 86.7 Å². The van der Waals surface area contributed by atoms with Crippen molar-refractivity contribution in [2.45, 2.75) is 30.8 Å². The Morgan fingerprint density at radius 1 is 1.40 bits per heavy atom. The monoisotopic (exact) mass is 222 g/mol. The number of hydrogen-bond donors (Lipinski definition) is 3. The Kier molecular flexibility index (Phi) is 4.62. The van der Waals surface area contributed by atoms with Gasteiger partial charge in [-0.25, -0.2) is 4.39 Å². The third-order valence-corrected chi connectivity index (χ3v) is 2.18. The van der Waals surface area contributed by atoms with Gasteiger partial charge in [-0.05, 0) is 0 Å². The lowest BCUT2D eigenvalue weighted by Crippen LogP contribution is -2.57. The SMILES string of the molecule is C=CCO[C@H]1O[C@H](CO)[C@@H](F)[C@H](O)[C@H]1O. The number of halogens is 1. The fourth-order valence-electron chi connectivity index (χ4n) is 1.34. The smallest absolute Gasteiger partial charge is 0.187 e. The topological polar surface area (TPSA) is 79.2 Å². The Morgan fingerprint density at radius 3 is 2.60 bits per heavy atom. The Morgan fingerprint density at radius 2 is 2.07 bits per heavy atom. The van der Waals surface area contributed by atoms with Gasteiger partial charge in [0.15, 0.2) is 12.5 Å². The Bertz CT molecular complexity index is 211. The molecule has 0 saturated carbocycles. The van der Waals surface area contributed by atoms with Crippen molar-refractivity contribution in [3.8, 4) is 0 Å². The standard InChI is InChI=1S/C9H15FO5/c1-2-3-14-9-8(13)7(12)6(10)5(4-11)15-9/h2,5-9,11-13H,1,3-4H2/t5-,6-,7+,8-,9+/m1/s1. The summed E-state index contributed by atoms with van der Waals surface area (Å²) >= 11 is 0. The highest BCUT2D eigenvalue weighted by Crippen LogP contribution is 2.23. The molecular weight excluding hydrogens is 207 g/mol. The third-order valence-electron chi connectivity index (χ3n) is 2.18. The predicted octanol–water partition coefficient (Wildman–Crippen LogP) is -1.03. The fourth-order valence-corrected chi connectivity index (χ4v) is 1.34. The second kappa shape index (κ2) is 5.53. The summed E-state index contributed by atoms with van der Waals surface area (Å²) in [5, 5.41) is 27.5. The molecule has 0 aromatic carbocycles. The zero-order valence-corrected chi connectivity index (χ0v) is 8.12. The van der Waals surface area contributed by atoms with E-state index in [-0.39, 0.29) is 6.61 Å². The maximum absolute atomic E-state index is 13.2. The van der Waals surface area contributed by atoms with Gasteiger partial charge < -0.3 is 24.8 Å². The van der Waals surface area contributed by atoms with E-state index in [0.29, 0.717) is 0 Å². The van der Waals surface area contributed by atoms with Crippen molar-refractivity contribution in [2.75, 3.05) is 13.2 Å². The molecule has 0 spiro atoms. The van der Waals surface area contributed by atoms with E-state index in [1.165, 1.54) is 6.08 Å². The molecule has 1 heterocycles. The van der Waals surface area contributed by atoms with Crippen molar-refractivity contribution >= 4 is 0 Å². The maximum atomic E-state index is 13.2. The molecule has 88 valence electrons. The van der Waals surface area contributed by atoms with Crippen LogP contribution in [0.15, 0.2) is 12.7 Å². The summed E-state index contributed by atoms with van der Waals surface area (Å²) < 4.78 is 23.1. The molecule has 0 aromatic heterocycles. The largest absolute Gasteiger partial charge is 0.394 e. The molecule has 0 radical (unpaired) electrons. The molecule has 1 fully saturated rings. The molecule has 6 heteroatoms. The van der Waals surface area contributed by atoms with Gasteiger partial charge in [0.1, 0.15) is 18.3 Å². The molecular formula is C9H15FO5. The van der Waals surface area contributed by atoms with Crippen LogP contribution in [0.5, 0.6) is 0 Å². The van der Waals surface area contributed by atoms with Crippen molar-refractivity contribution in [3.63, 3.8) is 0 Å². The van der Waals surface area contributed by atoms with Crippen molar-refractivity contribution in [1.82, 2.24) is 0 Å². The number of rotatable bonds is 4. The molecule has 0 unspecified atom stereocenters. The van der Waals surface area contributed by atoms with Crippen LogP contribution in [0.25, 0.3) is 0 Å². The van der Waals surface area contributed by atoms with E-state index in [1.54, 1.807) is 0 Å². The molecule has 15 heavy (non-hydrogen) atoms. The van der Waals surface area contributed by atoms with Crippen LogP contribution in [0.2, 0.25) is 0 Å². The first-order valence-electron chi connectivity index (χ1n) is 4.60. The third kappa shape index (κ3) is 2.73. The molecule has 1 aliphatic heterocycles. The molecule has 5 nitrogen and oxygen atoms in total. The summed E-state index contributed by atoms with van der Waals surface area (Å²) in [6.45, 7) is 2.91. The van der Waals surface area contributed by atoms with Gasteiger partial charge in [0, 0.05) is 0 Å². The van der Waals surface area contributed by atoms with Crippen molar-refractivity contribution < 1.29 is 29.2 Å². The normalized spacial score (nSPS) is 41.5.